The van der Waals surface area contributed by atoms with Crippen molar-refractivity contribution in [3.05, 3.63) is 65.7 Å². The summed E-state index contributed by atoms with van der Waals surface area (Å²) in [6.45, 7) is 6.53. The maximum Gasteiger partial charge on any atom is 0.422 e. The Morgan fingerprint density at radius 2 is 1.61 bits per heavy atom. The topological polar surface area (TPSA) is 49.9 Å². The molecule has 2 aromatic rings. The van der Waals surface area contributed by atoms with E-state index in [4.69, 9.17) is 4.74 Å². The van der Waals surface area contributed by atoms with Crippen molar-refractivity contribution in [1.29, 1.82) is 0 Å². The molecule has 5 nitrogen and oxygen atoms in total. The molecule has 0 radical (unpaired) electrons. The predicted octanol–water partition coefficient (Wildman–Crippen LogP) is 4.33. The summed E-state index contributed by atoms with van der Waals surface area (Å²) in [5, 5.41) is 0. The minimum Gasteiger partial charge on any atom is -0.432 e. The minimum atomic E-state index is -1.01. The van der Waals surface area contributed by atoms with Gasteiger partial charge in [-0.1, -0.05) is 56.3 Å². The molecule has 28 heavy (non-hydrogen) atoms. The summed E-state index contributed by atoms with van der Waals surface area (Å²) in [6, 6.07) is 17.9. The monoisotopic (exact) mass is 378 g/mol. The molecular formula is C23H26N2O3. The van der Waals surface area contributed by atoms with E-state index < -0.39 is 11.7 Å². The number of piperidine rings is 1. The minimum absolute atomic E-state index is 0.228. The third kappa shape index (κ3) is 3.42. The standard InChI is InChI=1S/C23H26N2O3/c1-17(2)19-8-10-20(11-9-19)25-21(26)23(28-22(25)27)12-14-24(15-13-23)16-18-6-4-3-5-7-18/h3-11,17H,12-16H2,1-2H3. The fourth-order valence-electron chi connectivity index (χ4n) is 4.00. The lowest BCUT2D eigenvalue weighted by atomic mass is 9.90. The van der Waals surface area contributed by atoms with Gasteiger partial charge in [0.05, 0.1) is 5.69 Å². The number of nitrogens with zero attached hydrogens (tertiary/aromatic N) is 2. The zero-order valence-electron chi connectivity index (χ0n) is 16.4. The quantitative estimate of drug-likeness (QED) is 0.795. The highest BCUT2D eigenvalue weighted by molar-refractivity contribution is 6.20. The Morgan fingerprint density at radius 3 is 2.21 bits per heavy atom. The average Bonchev–Trinajstić information content (AvgIpc) is 2.94. The van der Waals surface area contributed by atoms with Crippen LogP contribution in [0, 0.1) is 0 Å². The number of likely N-dealkylation sites (tertiary alicyclic amines) is 1. The molecule has 2 heterocycles. The SMILES string of the molecule is CC(C)c1ccc(N2C(=O)OC3(CCN(Cc4ccccc4)CC3)C2=O)cc1. The molecule has 5 heteroatoms. The van der Waals surface area contributed by atoms with E-state index in [9.17, 15) is 9.59 Å². The summed E-state index contributed by atoms with van der Waals surface area (Å²) >= 11 is 0. The van der Waals surface area contributed by atoms with Gasteiger partial charge in [0.25, 0.3) is 5.91 Å². The van der Waals surface area contributed by atoms with Crippen molar-refractivity contribution in [1.82, 2.24) is 4.90 Å². The summed E-state index contributed by atoms with van der Waals surface area (Å²) in [6.07, 6.45) is 0.509. The molecule has 4 rings (SSSR count). The van der Waals surface area contributed by atoms with Gasteiger partial charge in [0.1, 0.15) is 0 Å². The van der Waals surface area contributed by atoms with Crippen LogP contribution in [0.4, 0.5) is 10.5 Å². The summed E-state index contributed by atoms with van der Waals surface area (Å²) in [5.74, 6) is 0.171. The van der Waals surface area contributed by atoms with Gasteiger partial charge in [-0.3, -0.25) is 9.69 Å². The van der Waals surface area contributed by atoms with Crippen molar-refractivity contribution in [3.63, 3.8) is 0 Å². The van der Waals surface area contributed by atoms with Crippen molar-refractivity contribution < 1.29 is 14.3 Å². The van der Waals surface area contributed by atoms with Crippen LogP contribution in [0.2, 0.25) is 0 Å². The molecule has 1 spiro atoms. The first-order chi connectivity index (χ1) is 13.5. The lowest BCUT2D eigenvalue weighted by Gasteiger charge is -2.36. The second kappa shape index (κ2) is 7.40. The molecule has 0 aromatic heterocycles. The second-order valence-electron chi connectivity index (χ2n) is 8.01. The lowest BCUT2D eigenvalue weighted by Crippen LogP contribution is -2.49. The van der Waals surface area contributed by atoms with E-state index in [0.717, 1.165) is 19.6 Å². The van der Waals surface area contributed by atoms with Gasteiger partial charge >= 0.3 is 6.09 Å². The van der Waals surface area contributed by atoms with Gasteiger partial charge in [-0.2, -0.15) is 0 Å². The second-order valence-corrected chi connectivity index (χ2v) is 8.01. The van der Waals surface area contributed by atoms with E-state index in [2.05, 4.69) is 30.9 Å². The van der Waals surface area contributed by atoms with Crippen LogP contribution in [0.3, 0.4) is 0 Å². The average molecular weight is 378 g/mol. The maximum atomic E-state index is 13.1. The Hall–Kier alpha value is -2.66. The third-order valence-corrected chi connectivity index (χ3v) is 5.79. The number of benzene rings is 2. The normalized spacial score (nSPS) is 19.5. The molecule has 0 bridgehead atoms. The summed E-state index contributed by atoms with van der Waals surface area (Å²) in [4.78, 5) is 29.2. The molecule has 2 saturated heterocycles. The van der Waals surface area contributed by atoms with Gasteiger partial charge in [-0.05, 0) is 29.2 Å². The summed E-state index contributed by atoms with van der Waals surface area (Å²) in [5.41, 5.74) is 2.00. The number of anilines is 1. The fourth-order valence-corrected chi connectivity index (χ4v) is 4.00. The van der Waals surface area contributed by atoms with Crippen LogP contribution in [-0.4, -0.2) is 35.6 Å². The van der Waals surface area contributed by atoms with Crippen molar-refractivity contribution in [2.24, 2.45) is 0 Å². The molecule has 0 aliphatic carbocycles. The number of hydrogen-bond acceptors (Lipinski definition) is 4. The molecule has 2 fully saturated rings. The van der Waals surface area contributed by atoms with Crippen LogP contribution in [0.25, 0.3) is 0 Å². The molecule has 0 saturated carbocycles. The zero-order valence-corrected chi connectivity index (χ0v) is 16.4. The van der Waals surface area contributed by atoms with Crippen LogP contribution >= 0.6 is 0 Å². The highest BCUT2D eigenvalue weighted by atomic mass is 16.6. The number of carbonyl (C=O) groups is 2. The van der Waals surface area contributed by atoms with Crippen molar-refractivity contribution in [2.75, 3.05) is 18.0 Å². The van der Waals surface area contributed by atoms with Crippen LogP contribution in [0.5, 0.6) is 0 Å². The lowest BCUT2D eigenvalue weighted by molar-refractivity contribution is -0.134. The maximum absolute atomic E-state index is 13.1. The Bertz CT molecular complexity index is 853. The Kier molecular flexibility index (Phi) is 4.94. The highest BCUT2D eigenvalue weighted by Gasteiger charge is 2.55. The molecule has 2 aliphatic rings. The van der Waals surface area contributed by atoms with Gasteiger partial charge in [-0.25, -0.2) is 9.69 Å². The first kappa shape index (κ1) is 18.7. The fraction of sp³-hybridized carbons (Fsp3) is 0.391. The van der Waals surface area contributed by atoms with E-state index in [0.29, 0.717) is 24.4 Å². The van der Waals surface area contributed by atoms with Gasteiger partial charge in [0.15, 0.2) is 5.60 Å². The molecule has 2 amide bonds. The largest absolute Gasteiger partial charge is 0.432 e. The molecule has 0 N–H and O–H groups in total. The van der Waals surface area contributed by atoms with Crippen molar-refractivity contribution in [2.45, 2.75) is 44.8 Å². The van der Waals surface area contributed by atoms with Crippen molar-refractivity contribution in [3.8, 4) is 0 Å². The zero-order chi connectivity index (χ0) is 19.7. The Labute approximate surface area is 165 Å². The van der Waals surface area contributed by atoms with Crippen molar-refractivity contribution >= 4 is 17.7 Å². The van der Waals surface area contributed by atoms with Crippen LogP contribution < -0.4 is 4.90 Å². The summed E-state index contributed by atoms with van der Waals surface area (Å²) < 4.78 is 5.66. The third-order valence-electron chi connectivity index (χ3n) is 5.79. The van der Waals surface area contributed by atoms with Gasteiger partial charge in [0.2, 0.25) is 0 Å². The first-order valence-corrected chi connectivity index (χ1v) is 9.92. The highest BCUT2D eigenvalue weighted by Crippen LogP contribution is 2.37. The van der Waals surface area contributed by atoms with E-state index >= 15 is 0 Å². The molecule has 2 aliphatic heterocycles. The van der Waals surface area contributed by atoms with Gasteiger partial charge < -0.3 is 4.74 Å². The van der Waals surface area contributed by atoms with E-state index in [1.54, 1.807) is 0 Å². The molecule has 146 valence electrons. The van der Waals surface area contributed by atoms with E-state index in [1.807, 2.05) is 42.5 Å². The van der Waals surface area contributed by atoms with Gasteiger partial charge in [-0.15, -0.1) is 0 Å². The number of rotatable bonds is 4. The number of imide groups is 1. The van der Waals surface area contributed by atoms with Crippen LogP contribution in [0.15, 0.2) is 54.6 Å². The Balaban J connectivity index is 1.45. The molecule has 2 aromatic carbocycles. The van der Waals surface area contributed by atoms with E-state index in [-0.39, 0.29) is 5.91 Å². The Morgan fingerprint density at radius 1 is 0.964 bits per heavy atom. The van der Waals surface area contributed by atoms with Crippen LogP contribution in [0.1, 0.15) is 43.7 Å². The van der Waals surface area contributed by atoms with Crippen LogP contribution in [-0.2, 0) is 16.1 Å². The first-order valence-electron chi connectivity index (χ1n) is 9.92. The number of carbonyl (C=O) groups excluding carboxylic acids is 2. The molecule has 0 unspecified atom stereocenters. The van der Waals surface area contributed by atoms with E-state index in [1.165, 1.54) is 16.0 Å². The summed E-state index contributed by atoms with van der Waals surface area (Å²) in [7, 11) is 0. The smallest absolute Gasteiger partial charge is 0.422 e. The number of ether oxygens (including phenoxy) is 1. The molecular weight excluding hydrogens is 352 g/mol. The molecule has 0 atom stereocenters. The number of amides is 2. The van der Waals surface area contributed by atoms with Gasteiger partial charge in [0, 0.05) is 32.5 Å². The predicted molar refractivity (Wildman–Crippen MR) is 108 cm³/mol. The number of hydrogen-bond donors (Lipinski definition) is 0.